The minimum Gasteiger partial charge on any atom is -0.399 e. The molecule has 0 spiro atoms. The van der Waals surface area contributed by atoms with Gasteiger partial charge in [-0.05, 0) is 42.3 Å². The molecule has 0 aliphatic heterocycles. The van der Waals surface area contributed by atoms with Gasteiger partial charge in [-0.25, -0.2) is 0 Å². The van der Waals surface area contributed by atoms with Gasteiger partial charge >= 0.3 is 0 Å². The number of anilines is 1. The molecule has 4 heteroatoms. The third-order valence-electron chi connectivity index (χ3n) is 2.71. The average Bonchev–Trinajstić information content (AvgIpc) is 2.40. The second-order valence-electron chi connectivity index (χ2n) is 4.12. The highest BCUT2D eigenvalue weighted by Crippen LogP contribution is 2.12. The van der Waals surface area contributed by atoms with E-state index >= 15 is 0 Å². The zero-order valence-electron chi connectivity index (χ0n) is 10.2. The molecule has 0 saturated carbocycles. The summed E-state index contributed by atoms with van der Waals surface area (Å²) in [5.74, 6) is -0.109. The number of nitrogen functional groups attached to an aromatic ring is 1. The minimum absolute atomic E-state index is 0.109. The van der Waals surface area contributed by atoms with Crippen LogP contribution in [0.1, 0.15) is 21.5 Å². The number of nitrogens with zero attached hydrogens (tertiary/aromatic N) is 1. The number of benzene rings is 1. The number of hydrogen-bond acceptors (Lipinski definition) is 3. The fourth-order valence-corrected chi connectivity index (χ4v) is 1.60. The van der Waals surface area contributed by atoms with E-state index < -0.39 is 0 Å². The van der Waals surface area contributed by atoms with E-state index in [0.29, 0.717) is 17.8 Å². The minimum atomic E-state index is -0.109. The molecule has 1 heterocycles. The molecular formula is C14H15N3O. The average molecular weight is 241 g/mol. The highest BCUT2D eigenvalue weighted by molar-refractivity contribution is 5.94. The van der Waals surface area contributed by atoms with Gasteiger partial charge in [-0.2, -0.15) is 0 Å². The Hall–Kier alpha value is -2.36. The maximum Gasteiger partial charge on any atom is 0.251 e. The Kier molecular flexibility index (Phi) is 3.57. The van der Waals surface area contributed by atoms with E-state index in [0.717, 1.165) is 11.1 Å². The second kappa shape index (κ2) is 5.31. The fraction of sp³-hybridized carbons (Fsp3) is 0.143. The number of amides is 1. The van der Waals surface area contributed by atoms with Crippen molar-refractivity contribution in [3.05, 3.63) is 59.4 Å². The number of aryl methyl sites for hydroxylation is 1. The summed E-state index contributed by atoms with van der Waals surface area (Å²) in [6.07, 6.45) is 3.43. The van der Waals surface area contributed by atoms with Crippen molar-refractivity contribution < 1.29 is 4.79 Å². The molecule has 0 radical (unpaired) electrons. The normalized spacial score (nSPS) is 10.1. The van der Waals surface area contributed by atoms with Crippen LogP contribution in [-0.4, -0.2) is 10.9 Å². The standard InChI is InChI=1S/C14H15N3O/c1-10-7-12(4-5-13(10)15)14(18)17-9-11-3-2-6-16-8-11/h2-8H,9,15H2,1H3,(H,17,18). The van der Waals surface area contributed by atoms with Gasteiger partial charge in [-0.1, -0.05) is 6.07 Å². The first kappa shape index (κ1) is 12.1. The molecule has 0 aliphatic rings. The van der Waals surface area contributed by atoms with E-state index in [1.807, 2.05) is 19.1 Å². The zero-order valence-corrected chi connectivity index (χ0v) is 10.2. The van der Waals surface area contributed by atoms with Crippen molar-refractivity contribution in [1.29, 1.82) is 0 Å². The Morgan fingerprint density at radius 3 is 2.89 bits per heavy atom. The van der Waals surface area contributed by atoms with E-state index in [-0.39, 0.29) is 5.91 Å². The van der Waals surface area contributed by atoms with Gasteiger partial charge in [0.2, 0.25) is 0 Å². The predicted molar refractivity (Wildman–Crippen MR) is 71.0 cm³/mol. The molecule has 0 aliphatic carbocycles. The molecular weight excluding hydrogens is 226 g/mol. The third kappa shape index (κ3) is 2.85. The summed E-state index contributed by atoms with van der Waals surface area (Å²) >= 11 is 0. The van der Waals surface area contributed by atoms with Crippen molar-refractivity contribution >= 4 is 11.6 Å². The van der Waals surface area contributed by atoms with Crippen molar-refractivity contribution in [3.63, 3.8) is 0 Å². The SMILES string of the molecule is Cc1cc(C(=O)NCc2cccnc2)ccc1N. The van der Waals surface area contributed by atoms with Crippen molar-refractivity contribution in [2.75, 3.05) is 5.73 Å². The molecule has 1 aromatic heterocycles. The Morgan fingerprint density at radius 1 is 1.39 bits per heavy atom. The Balaban J connectivity index is 2.02. The lowest BCUT2D eigenvalue weighted by Gasteiger charge is -2.07. The summed E-state index contributed by atoms with van der Waals surface area (Å²) in [7, 11) is 0. The van der Waals surface area contributed by atoms with Crippen LogP contribution in [0.2, 0.25) is 0 Å². The van der Waals surface area contributed by atoms with Gasteiger partial charge in [0.25, 0.3) is 5.91 Å². The molecule has 3 N–H and O–H groups in total. The van der Waals surface area contributed by atoms with Gasteiger partial charge in [0.1, 0.15) is 0 Å². The maximum atomic E-state index is 11.9. The number of nitrogens with two attached hydrogens (primary N) is 1. The molecule has 4 nitrogen and oxygen atoms in total. The fourth-order valence-electron chi connectivity index (χ4n) is 1.60. The maximum absolute atomic E-state index is 11.9. The monoisotopic (exact) mass is 241 g/mol. The zero-order chi connectivity index (χ0) is 13.0. The van der Waals surface area contributed by atoms with Crippen molar-refractivity contribution in [2.45, 2.75) is 13.5 Å². The topological polar surface area (TPSA) is 68.0 Å². The van der Waals surface area contributed by atoms with E-state index in [1.54, 1.807) is 30.6 Å². The van der Waals surface area contributed by atoms with Crippen LogP contribution in [0, 0.1) is 6.92 Å². The number of aromatic nitrogens is 1. The first-order chi connectivity index (χ1) is 8.66. The molecule has 0 atom stereocenters. The summed E-state index contributed by atoms with van der Waals surface area (Å²) in [5.41, 5.74) is 8.90. The highest BCUT2D eigenvalue weighted by Gasteiger charge is 2.06. The lowest BCUT2D eigenvalue weighted by atomic mass is 10.1. The van der Waals surface area contributed by atoms with Gasteiger partial charge in [0.05, 0.1) is 0 Å². The van der Waals surface area contributed by atoms with Crippen LogP contribution >= 0.6 is 0 Å². The summed E-state index contributed by atoms with van der Waals surface area (Å²) < 4.78 is 0. The number of pyridine rings is 1. The highest BCUT2D eigenvalue weighted by atomic mass is 16.1. The van der Waals surface area contributed by atoms with Crippen LogP contribution in [-0.2, 0) is 6.54 Å². The molecule has 0 bridgehead atoms. The van der Waals surface area contributed by atoms with Gasteiger partial charge in [-0.3, -0.25) is 9.78 Å². The predicted octanol–water partition coefficient (Wildman–Crippen LogP) is 1.90. The van der Waals surface area contributed by atoms with Crippen LogP contribution in [0.15, 0.2) is 42.7 Å². The largest absolute Gasteiger partial charge is 0.399 e. The molecule has 18 heavy (non-hydrogen) atoms. The first-order valence-corrected chi connectivity index (χ1v) is 5.70. The molecule has 2 aromatic rings. The quantitative estimate of drug-likeness (QED) is 0.806. The third-order valence-corrected chi connectivity index (χ3v) is 2.71. The van der Waals surface area contributed by atoms with Crippen LogP contribution in [0.4, 0.5) is 5.69 Å². The first-order valence-electron chi connectivity index (χ1n) is 5.70. The van der Waals surface area contributed by atoms with E-state index in [1.165, 1.54) is 0 Å². The molecule has 92 valence electrons. The number of carbonyl (C=O) groups is 1. The van der Waals surface area contributed by atoms with Crippen LogP contribution in [0.25, 0.3) is 0 Å². The van der Waals surface area contributed by atoms with Crippen molar-refractivity contribution in [1.82, 2.24) is 10.3 Å². The van der Waals surface area contributed by atoms with Crippen LogP contribution in [0.3, 0.4) is 0 Å². The van der Waals surface area contributed by atoms with E-state index in [2.05, 4.69) is 10.3 Å². The smallest absolute Gasteiger partial charge is 0.251 e. The van der Waals surface area contributed by atoms with E-state index in [4.69, 9.17) is 5.73 Å². The molecule has 0 unspecified atom stereocenters. The molecule has 0 saturated heterocycles. The lowest BCUT2D eigenvalue weighted by molar-refractivity contribution is 0.0951. The molecule has 2 rings (SSSR count). The van der Waals surface area contributed by atoms with Crippen LogP contribution in [0.5, 0.6) is 0 Å². The van der Waals surface area contributed by atoms with Crippen LogP contribution < -0.4 is 11.1 Å². The second-order valence-corrected chi connectivity index (χ2v) is 4.12. The summed E-state index contributed by atoms with van der Waals surface area (Å²) in [4.78, 5) is 15.9. The van der Waals surface area contributed by atoms with Crippen molar-refractivity contribution in [2.24, 2.45) is 0 Å². The number of rotatable bonds is 3. The van der Waals surface area contributed by atoms with Gasteiger partial charge < -0.3 is 11.1 Å². The Labute approximate surface area is 106 Å². The Bertz CT molecular complexity index is 552. The summed E-state index contributed by atoms with van der Waals surface area (Å²) in [6.45, 7) is 2.35. The van der Waals surface area contributed by atoms with E-state index in [9.17, 15) is 4.79 Å². The summed E-state index contributed by atoms with van der Waals surface area (Å²) in [5, 5.41) is 2.84. The Morgan fingerprint density at radius 2 is 2.22 bits per heavy atom. The van der Waals surface area contributed by atoms with Gasteiger partial charge in [0, 0.05) is 30.2 Å². The summed E-state index contributed by atoms with van der Waals surface area (Å²) in [6, 6.07) is 9.01. The lowest BCUT2D eigenvalue weighted by Crippen LogP contribution is -2.22. The molecule has 1 aromatic carbocycles. The molecule has 0 fully saturated rings. The number of carbonyl (C=O) groups excluding carboxylic acids is 1. The molecule has 1 amide bonds. The number of hydrogen-bond donors (Lipinski definition) is 2. The van der Waals surface area contributed by atoms with Gasteiger partial charge in [0.15, 0.2) is 0 Å². The number of nitrogens with one attached hydrogen (secondary N) is 1. The van der Waals surface area contributed by atoms with Crippen molar-refractivity contribution in [3.8, 4) is 0 Å². The van der Waals surface area contributed by atoms with Gasteiger partial charge in [-0.15, -0.1) is 0 Å².